The number of carbonyl (C=O) groups is 2. The summed E-state index contributed by atoms with van der Waals surface area (Å²) in [4.78, 5) is 26.6. The topological polar surface area (TPSA) is 49.4 Å². The van der Waals surface area contributed by atoms with E-state index >= 15 is 0 Å². The molecule has 1 N–H and O–H groups in total. The second-order valence-electron chi connectivity index (χ2n) is 6.82. The van der Waals surface area contributed by atoms with Crippen molar-refractivity contribution in [2.75, 3.05) is 13.1 Å². The van der Waals surface area contributed by atoms with Crippen LogP contribution in [0.5, 0.6) is 0 Å². The van der Waals surface area contributed by atoms with Crippen LogP contribution < -0.4 is 5.32 Å². The van der Waals surface area contributed by atoms with Gasteiger partial charge in [-0.05, 0) is 42.9 Å². The van der Waals surface area contributed by atoms with Gasteiger partial charge in [-0.15, -0.1) is 0 Å². The second kappa shape index (κ2) is 6.91. The Hall–Kier alpha value is -1.55. The van der Waals surface area contributed by atoms with E-state index < -0.39 is 0 Å². The van der Waals surface area contributed by atoms with Gasteiger partial charge in [0.2, 0.25) is 11.8 Å². The molecule has 2 amide bonds. The SMILES string of the molecule is CC1CCCN(C(=O)C2CC2C(=O)NCc2ccc(Cl)cc2)C1. The number of hydrogen-bond donors (Lipinski definition) is 1. The number of amides is 2. The lowest BCUT2D eigenvalue weighted by molar-refractivity contribution is -0.136. The molecule has 0 spiro atoms. The molecule has 0 aromatic heterocycles. The third-order valence-electron chi connectivity index (χ3n) is 4.79. The molecule has 23 heavy (non-hydrogen) atoms. The number of nitrogens with one attached hydrogen (secondary N) is 1. The first-order valence-corrected chi connectivity index (χ1v) is 8.73. The monoisotopic (exact) mass is 334 g/mol. The molecule has 124 valence electrons. The molecule has 3 atom stereocenters. The Labute approximate surface area is 142 Å². The number of carbonyl (C=O) groups excluding carboxylic acids is 2. The van der Waals surface area contributed by atoms with Crippen LogP contribution in [0.4, 0.5) is 0 Å². The molecule has 4 nitrogen and oxygen atoms in total. The van der Waals surface area contributed by atoms with Gasteiger partial charge in [0.15, 0.2) is 0 Å². The van der Waals surface area contributed by atoms with Crippen molar-refractivity contribution in [3.63, 3.8) is 0 Å². The number of nitrogens with zero attached hydrogens (tertiary/aromatic N) is 1. The predicted molar refractivity (Wildman–Crippen MR) is 89.9 cm³/mol. The van der Waals surface area contributed by atoms with Gasteiger partial charge in [0.05, 0.1) is 11.8 Å². The Balaban J connectivity index is 1.46. The van der Waals surface area contributed by atoms with E-state index in [1.165, 1.54) is 6.42 Å². The van der Waals surface area contributed by atoms with E-state index in [0.717, 1.165) is 25.1 Å². The molecule has 2 aliphatic rings. The highest BCUT2D eigenvalue weighted by molar-refractivity contribution is 6.30. The van der Waals surface area contributed by atoms with Gasteiger partial charge in [0.1, 0.15) is 0 Å². The molecule has 1 aromatic carbocycles. The minimum Gasteiger partial charge on any atom is -0.352 e. The maximum Gasteiger partial charge on any atom is 0.226 e. The lowest BCUT2D eigenvalue weighted by Crippen LogP contribution is -2.40. The number of halogens is 1. The molecule has 2 fully saturated rings. The average Bonchev–Trinajstić information content (AvgIpc) is 3.34. The zero-order valence-electron chi connectivity index (χ0n) is 13.4. The third-order valence-corrected chi connectivity index (χ3v) is 5.05. The van der Waals surface area contributed by atoms with Crippen LogP contribution in [0.15, 0.2) is 24.3 Å². The fourth-order valence-electron chi connectivity index (χ4n) is 3.30. The third kappa shape index (κ3) is 4.05. The highest BCUT2D eigenvalue weighted by Crippen LogP contribution is 2.40. The molecular formula is C18H23ClN2O2. The quantitative estimate of drug-likeness (QED) is 0.920. The molecular weight excluding hydrogens is 312 g/mol. The summed E-state index contributed by atoms with van der Waals surface area (Å²) >= 11 is 5.84. The summed E-state index contributed by atoms with van der Waals surface area (Å²) in [7, 11) is 0. The van der Waals surface area contributed by atoms with Crippen LogP contribution in [0.25, 0.3) is 0 Å². The summed E-state index contributed by atoms with van der Waals surface area (Å²) in [6, 6.07) is 7.41. The van der Waals surface area contributed by atoms with Crippen LogP contribution >= 0.6 is 11.6 Å². The first-order chi connectivity index (χ1) is 11.0. The van der Waals surface area contributed by atoms with Crippen molar-refractivity contribution in [2.45, 2.75) is 32.7 Å². The zero-order valence-corrected chi connectivity index (χ0v) is 14.2. The fourth-order valence-corrected chi connectivity index (χ4v) is 3.43. The molecule has 1 saturated heterocycles. The molecule has 3 unspecified atom stereocenters. The smallest absolute Gasteiger partial charge is 0.226 e. The van der Waals surface area contributed by atoms with Gasteiger partial charge in [0, 0.05) is 24.7 Å². The van der Waals surface area contributed by atoms with Crippen molar-refractivity contribution < 1.29 is 9.59 Å². The summed E-state index contributed by atoms with van der Waals surface area (Å²) in [5.41, 5.74) is 1.01. The van der Waals surface area contributed by atoms with E-state index in [1.807, 2.05) is 29.2 Å². The molecule has 1 aliphatic heterocycles. The van der Waals surface area contributed by atoms with Crippen LogP contribution in [0.3, 0.4) is 0 Å². The van der Waals surface area contributed by atoms with E-state index in [2.05, 4.69) is 12.2 Å². The molecule has 1 aromatic rings. The fraction of sp³-hybridized carbons (Fsp3) is 0.556. The van der Waals surface area contributed by atoms with Gasteiger partial charge in [-0.1, -0.05) is 30.7 Å². The van der Waals surface area contributed by atoms with Crippen molar-refractivity contribution in [1.82, 2.24) is 10.2 Å². The van der Waals surface area contributed by atoms with Crippen LogP contribution in [0.1, 0.15) is 31.7 Å². The normalized spacial score (nSPS) is 26.7. The number of hydrogen-bond acceptors (Lipinski definition) is 2. The van der Waals surface area contributed by atoms with Gasteiger partial charge in [-0.3, -0.25) is 9.59 Å². The summed E-state index contributed by atoms with van der Waals surface area (Å²) in [6.07, 6.45) is 2.96. The van der Waals surface area contributed by atoms with E-state index in [-0.39, 0.29) is 23.7 Å². The van der Waals surface area contributed by atoms with Gasteiger partial charge >= 0.3 is 0 Å². The minimum atomic E-state index is -0.146. The average molecular weight is 335 g/mol. The van der Waals surface area contributed by atoms with Crippen LogP contribution in [0.2, 0.25) is 5.02 Å². The maximum atomic E-state index is 12.5. The van der Waals surface area contributed by atoms with Crippen molar-refractivity contribution in [2.24, 2.45) is 17.8 Å². The molecule has 1 aliphatic carbocycles. The lowest BCUT2D eigenvalue weighted by Gasteiger charge is -2.31. The molecule has 5 heteroatoms. The van der Waals surface area contributed by atoms with E-state index in [9.17, 15) is 9.59 Å². The minimum absolute atomic E-state index is 0.0108. The number of likely N-dealkylation sites (tertiary alicyclic amines) is 1. The summed E-state index contributed by atoms with van der Waals surface area (Å²) in [6.45, 7) is 4.35. The van der Waals surface area contributed by atoms with E-state index in [4.69, 9.17) is 11.6 Å². The zero-order chi connectivity index (χ0) is 16.4. The largest absolute Gasteiger partial charge is 0.352 e. The Morgan fingerprint density at radius 3 is 2.70 bits per heavy atom. The molecule has 3 rings (SSSR count). The Morgan fingerprint density at radius 2 is 2.00 bits per heavy atom. The van der Waals surface area contributed by atoms with Gasteiger partial charge in [-0.25, -0.2) is 0 Å². The highest BCUT2D eigenvalue weighted by Gasteiger charge is 2.49. The van der Waals surface area contributed by atoms with Crippen LogP contribution in [-0.4, -0.2) is 29.8 Å². The van der Waals surface area contributed by atoms with E-state index in [1.54, 1.807) is 0 Å². The van der Waals surface area contributed by atoms with Gasteiger partial charge in [0.25, 0.3) is 0 Å². The van der Waals surface area contributed by atoms with Crippen molar-refractivity contribution >= 4 is 23.4 Å². The summed E-state index contributed by atoms with van der Waals surface area (Å²) < 4.78 is 0. The number of rotatable bonds is 4. The standard InChI is InChI=1S/C18H23ClN2O2/c1-12-3-2-8-21(11-12)18(23)16-9-15(16)17(22)20-10-13-4-6-14(19)7-5-13/h4-7,12,15-16H,2-3,8-11H2,1H3,(H,20,22). The molecule has 1 saturated carbocycles. The Kier molecular flexibility index (Phi) is 4.90. The first kappa shape index (κ1) is 16.3. The van der Waals surface area contributed by atoms with Crippen molar-refractivity contribution in [3.8, 4) is 0 Å². The van der Waals surface area contributed by atoms with E-state index in [0.29, 0.717) is 23.9 Å². The van der Waals surface area contributed by atoms with Crippen LogP contribution in [0, 0.1) is 17.8 Å². The predicted octanol–water partition coefficient (Wildman–Crippen LogP) is 2.85. The van der Waals surface area contributed by atoms with Crippen molar-refractivity contribution in [1.29, 1.82) is 0 Å². The lowest BCUT2D eigenvalue weighted by atomic mass is 10.00. The number of benzene rings is 1. The first-order valence-electron chi connectivity index (χ1n) is 8.35. The highest BCUT2D eigenvalue weighted by atomic mass is 35.5. The summed E-state index contributed by atoms with van der Waals surface area (Å²) in [5, 5.41) is 3.61. The van der Waals surface area contributed by atoms with Crippen molar-refractivity contribution in [3.05, 3.63) is 34.9 Å². The molecule has 0 bridgehead atoms. The second-order valence-corrected chi connectivity index (χ2v) is 7.26. The Morgan fingerprint density at radius 1 is 1.26 bits per heavy atom. The van der Waals surface area contributed by atoms with Gasteiger partial charge < -0.3 is 10.2 Å². The molecule has 1 heterocycles. The molecule has 0 radical (unpaired) electrons. The number of piperidine rings is 1. The van der Waals surface area contributed by atoms with Gasteiger partial charge in [-0.2, -0.15) is 0 Å². The summed E-state index contributed by atoms with van der Waals surface area (Å²) in [5.74, 6) is 0.479. The maximum absolute atomic E-state index is 12.5. The van der Waals surface area contributed by atoms with Crippen LogP contribution in [-0.2, 0) is 16.1 Å². The Bertz CT molecular complexity index is 587.